The summed E-state index contributed by atoms with van der Waals surface area (Å²) in [5.41, 5.74) is 1.49. The molecule has 0 aliphatic rings. The Kier molecular flexibility index (Phi) is 4.86. The molecular formula is C13H9BrCl2N2O2. The molecule has 0 aliphatic heterocycles. The highest BCUT2D eigenvalue weighted by molar-refractivity contribution is 9.10. The lowest BCUT2D eigenvalue weighted by atomic mass is 10.2. The summed E-state index contributed by atoms with van der Waals surface area (Å²) >= 11 is 15.3. The van der Waals surface area contributed by atoms with Crippen molar-refractivity contribution in [1.29, 1.82) is 0 Å². The Bertz CT molecular complexity index is 665. The lowest BCUT2D eigenvalue weighted by molar-refractivity contribution is -0.384. The summed E-state index contributed by atoms with van der Waals surface area (Å²) in [6.07, 6.45) is 0. The van der Waals surface area contributed by atoms with E-state index in [2.05, 4.69) is 21.2 Å². The smallest absolute Gasteiger partial charge is 0.271 e. The van der Waals surface area contributed by atoms with Crippen molar-refractivity contribution >= 4 is 50.5 Å². The number of nitrogens with zero attached hydrogens (tertiary/aromatic N) is 1. The molecule has 0 saturated carbocycles. The van der Waals surface area contributed by atoms with Crippen LogP contribution in [0.4, 0.5) is 11.4 Å². The lowest BCUT2D eigenvalue weighted by Crippen LogP contribution is -2.01. The van der Waals surface area contributed by atoms with Gasteiger partial charge >= 0.3 is 0 Å². The number of hydrogen-bond donors (Lipinski definition) is 1. The minimum absolute atomic E-state index is 0.00538. The second kappa shape index (κ2) is 6.43. The predicted octanol–water partition coefficient (Wildman–Crippen LogP) is 5.28. The Morgan fingerprint density at radius 1 is 1.15 bits per heavy atom. The summed E-state index contributed by atoms with van der Waals surface area (Å²) in [5, 5.41) is 14.9. The van der Waals surface area contributed by atoms with Crippen LogP contribution < -0.4 is 5.32 Å². The Labute approximate surface area is 134 Å². The van der Waals surface area contributed by atoms with Gasteiger partial charge in [0, 0.05) is 23.2 Å². The number of benzene rings is 2. The monoisotopic (exact) mass is 374 g/mol. The van der Waals surface area contributed by atoms with Gasteiger partial charge in [0.25, 0.3) is 5.69 Å². The average molecular weight is 376 g/mol. The molecule has 20 heavy (non-hydrogen) atoms. The third-order valence-electron chi connectivity index (χ3n) is 2.63. The third-order valence-corrected chi connectivity index (χ3v) is 4.17. The minimum Gasteiger partial charge on any atom is -0.380 e. The molecule has 0 saturated heterocycles. The maximum Gasteiger partial charge on any atom is 0.271 e. The Balaban J connectivity index is 2.15. The van der Waals surface area contributed by atoms with Gasteiger partial charge in [0.1, 0.15) is 0 Å². The van der Waals surface area contributed by atoms with Crippen molar-refractivity contribution in [3.63, 3.8) is 0 Å². The molecule has 0 atom stereocenters. The summed E-state index contributed by atoms with van der Waals surface area (Å²) in [6, 6.07) is 9.79. The molecule has 0 aliphatic carbocycles. The molecule has 0 aromatic heterocycles. The summed E-state index contributed by atoms with van der Waals surface area (Å²) < 4.78 is 0.795. The molecular weight excluding hydrogens is 367 g/mol. The van der Waals surface area contributed by atoms with Crippen LogP contribution in [0.3, 0.4) is 0 Å². The number of nitro groups is 1. The first-order valence-corrected chi connectivity index (χ1v) is 7.14. The fraction of sp³-hybridized carbons (Fsp3) is 0.0769. The first-order valence-electron chi connectivity index (χ1n) is 5.59. The van der Waals surface area contributed by atoms with E-state index in [1.165, 1.54) is 18.2 Å². The average Bonchev–Trinajstić information content (AvgIpc) is 2.41. The van der Waals surface area contributed by atoms with Crippen molar-refractivity contribution in [2.45, 2.75) is 6.54 Å². The predicted molar refractivity (Wildman–Crippen MR) is 84.6 cm³/mol. The van der Waals surface area contributed by atoms with Crippen LogP contribution in [0, 0.1) is 10.1 Å². The standard InChI is InChI=1S/C13H9BrCl2N2O2/c14-10-5-8(1-3-11(10)15)7-17-13-6-9(18(19)20)2-4-12(13)16/h1-6,17H,7H2. The molecule has 104 valence electrons. The third kappa shape index (κ3) is 3.62. The maximum absolute atomic E-state index is 10.7. The lowest BCUT2D eigenvalue weighted by Gasteiger charge is -2.09. The highest BCUT2D eigenvalue weighted by Gasteiger charge is 2.09. The summed E-state index contributed by atoms with van der Waals surface area (Å²) in [6.45, 7) is 0.483. The van der Waals surface area contributed by atoms with Crippen LogP contribution >= 0.6 is 39.1 Å². The van der Waals surface area contributed by atoms with E-state index >= 15 is 0 Å². The molecule has 2 aromatic carbocycles. The van der Waals surface area contributed by atoms with E-state index in [0.29, 0.717) is 22.3 Å². The van der Waals surface area contributed by atoms with Crippen molar-refractivity contribution in [1.82, 2.24) is 0 Å². The Morgan fingerprint density at radius 3 is 2.50 bits per heavy atom. The van der Waals surface area contributed by atoms with E-state index in [9.17, 15) is 10.1 Å². The zero-order chi connectivity index (χ0) is 14.7. The van der Waals surface area contributed by atoms with E-state index in [4.69, 9.17) is 23.2 Å². The van der Waals surface area contributed by atoms with Crippen LogP contribution in [-0.2, 0) is 6.54 Å². The van der Waals surface area contributed by atoms with Gasteiger partial charge in [-0.1, -0.05) is 29.3 Å². The van der Waals surface area contributed by atoms with Crippen molar-refractivity contribution in [2.75, 3.05) is 5.32 Å². The minimum atomic E-state index is -0.458. The summed E-state index contributed by atoms with van der Waals surface area (Å²) in [4.78, 5) is 10.3. The fourth-order valence-electron chi connectivity index (χ4n) is 1.61. The van der Waals surface area contributed by atoms with Gasteiger partial charge in [0.15, 0.2) is 0 Å². The summed E-state index contributed by atoms with van der Waals surface area (Å²) in [7, 11) is 0. The molecule has 0 bridgehead atoms. The normalized spacial score (nSPS) is 10.3. The van der Waals surface area contributed by atoms with Crippen LogP contribution in [0.15, 0.2) is 40.9 Å². The van der Waals surface area contributed by atoms with Crippen LogP contribution in [0.1, 0.15) is 5.56 Å². The molecule has 2 aromatic rings. The number of nitro benzene ring substituents is 1. The maximum atomic E-state index is 10.7. The molecule has 0 unspecified atom stereocenters. The van der Waals surface area contributed by atoms with Gasteiger partial charge in [-0.15, -0.1) is 0 Å². The highest BCUT2D eigenvalue weighted by Crippen LogP contribution is 2.28. The largest absolute Gasteiger partial charge is 0.380 e. The Hall–Kier alpha value is -1.30. The number of nitrogens with one attached hydrogen (secondary N) is 1. The van der Waals surface area contributed by atoms with Crippen LogP contribution in [0.25, 0.3) is 0 Å². The first-order chi connectivity index (χ1) is 9.47. The van der Waals surface area contributed by atoms with Gasteiger partial charge in [-0.05, 0) is 39.7 Å². The number of halogens is 3. The van der Waals surface area contributed by atoms with Crippen molar-refractivity contribution in [3.05, 3.63) is 66.6 Å². The molecule has 1 N–H and O–H groups in total. The van der Waals surface area contributed by atoms with Crippen molar-refractivity contribution in [3.8, 4) is 0 Å². The van der Waals surface area contributed by atoms with Gasteiger partial charge in [-0.2, -0.15) is 0 Å². The number of hydrogen-bond acceptors (Lipinski definition) is 3. The topological polar surface area (TPSA) is 55.2 Å². The molecule has 7 heteroatoms. The molecule has 0 radical (unpaired) electrons. The van der Waals surface area contributed by atoms with E-state index in [1.54, 1.807) is 6.07 Å². The van der Waals surface area contributed by atoms with Crippen molar-refractivity contribution in [2.24, 2.45) is 0 Å². The summed E-state index contributed by atoms with van der Waals surface area (Å²) in [5.74, 6) is 0. The molecule has 0 heterocycles. The van der Waals surface area contributed by atoms with Crippen molar-refractivity contribution < 1.29 is 4.92 Å². The fourth-order valence-corrected chi connectivity index (χ4v) is 2.34. The van der Waals surface area contributed by atoms with Crippen LogP contribution in [0.5, 0.6) is 0 Å². The molecule has 0 amide bonds. The van der Waals surface area contributed by atoms with Gasteiger partial charge in [0.2, 0.25) is 0 Å². The second-order valence-corrected chi connectivity index (χ2v) is 5.69. The van der Waals surface area contributed by atoms with E-state index in [-0.39, 0.29) is 5.69 Å². The van der Waals surface area contributed by atoms with Gasteiger partial charge in [0.05, 0.1) is 20.7 Å². The molecule has 0 fully saturated rings. The van der Waals surface area contributed by atoms with Crippen LogP contribution in [-0.4, -0.2) is 4.92 Å². The molecule has 4 nitrogen and oxygen atoms in total. The van der Waals surface area contributed by atoms with Gasteiger partial charge in [-0.25, -0.2) is 0 Å². The van der Waals surface area contributed by atoms with E-state index < -0.39 is 4.92 Å². The number of non-ortho nitro benzene ring substituents is 1. The van der Waals surface area contributed by atoms with E-state index in [1.807, 2.05) is 12.1 Å². The van der Waals surface area contributed by atoms with Gasteiger partial charge < -0.3 is 5.32 Å². The van der Waals surface area contributed by atoms with Crippen LogP contribution in [0.2, 0.25) is 10.0 Å². The number of anilines is 1. The molecule has 0 spiro atoms. The second-order valence-electron chi connectivity index (χ2n) is 4.02. The van der Waals surface area contributed by atoms with E-state index in [0.717, 1.165) is 10.0 Å². The Morgan fingerprint density at radius 2 is 1.85 bits per heavy atom. The number of rotatable bonds is 4. The zero-order valence-electron chi connectivity index (χ0n) is 10.1. The zero-order valence-corrected chi connectivity index (χ0v) is 13.2. The van der Waals surface area contributed by atoms with Gasteiger partial charge in [-0.3, -0.25) is 10.1 Å². The highest BCUT2D eigenvalue weighted by atomic mass is 79.9. The first kappa shape index (κ1) is 15.1. The SMILES string of the molecule is O=[N+]([O-])c1ccc(Cl)c(NCc2ccc(Cl)c(Br)c2)c1. The molecule has 2 rings (SSSR count). The quantitative estimate of drug-likeness (QED) is 0.584.